The van der Waals surface area contributed by atoms with E-state index in [4.69, 9.17) is 9.84 Å². The van der Waals surface area contributed by atoms with Gasteiger partial charge >= 0.3 is 0 Å². The Kier molecular flexibility index (Phi) is 7.44. The normalized spacial score (nSPS) is 12.6. The van der Waals surface area contributed by atoms with Gasteiger partial charge < -0.3 is 20.1 Å². The van der Waals surface area contributed by atoms with Crippen LogP contribution in [0.3, 0.4) is 0 Å². The monoisotopic (exact) mass is 471 g/mol. The maximum absolute atomic E-state index is 13.6. The number of hydrogen-bond acceptors (Lipinski definition) is 5. The van der Waals surface area contributed by atoms with E-state index in [1.807, 2.05) is 23.1 Å². The van der Waals surface area contributed by atoms with E-state index in [-0.39, 0.29) is 25.5 Å². The topological polar surface area (TPSA) is 74.7 Å². The van der Waals surface area contributed by atoms with Gasteiger partial charge in [-0.1, -0.05) is 6.07 Å². The molecule has 0 aliphatic carbocycles. The third-order valence-electron chi connectivity index (χ3n) is 5.58. The number of nitrogens with zero attached hydrogens (tertiary/aromatic N) is 2. The van der Waals surface area contributed by atoms with Crippen molar-refractivity contribution in [3.05, 3.63) is 88.4 Å². The van der Waals surface area contributed by atoms with E-state index in [9.17, 15) is 18.0 Å². The van der Waals surface area contributed by atoms with E-state index in [2.05, 4.69) is 10.3 Å². The molecule has 6 nitrogen and oxygen atoms in total. The summed E-state index contributed by atoms with van der Waals surface area (Å²) in [6, 6.07) is 11.0. The molecule has 0 bridgehead atoms. The molecule has 34 heavy (non-hydrogen) atoms. The Balaban J connectivity index is 1.50. The summed E-state index contributed by atoms with van der Waals surface area (Å²) in [5, 5.41) is 11.6. The number of aromatic nitrogens is 1. The van der Waals surface area contributed by atoms with Gasteiger partial charge in [0, 0.05) is 30.5 Å². The van der Waals surface area contributed by atoms with Crippen molar-refractivity contribution in [3.63, 3.8) is 0 Å². The second-order valence-corrected chi connectivity index (χ2v) is 7.87. The third kappa shape index (κ3) is 5.21. The highest BCUT2D eigenvalue weighted by Gasteiger charge is 2.26. The molecule has 0 radical (unpaired) electrons. The van der Waals surface area contributed by atoms with Crippen molar-refractivity contribution in [2.75, 3.05) is 37.8 Å². The molecule has 1 amide bonds. The van der Waals surface area contributed by atoms with E-state index < -0.39 is 17.5 Å². The summed E-state index contributed by atoms with van der Waals surface area (Å²) in [5.41, 5.74) is 3.44. The molecule has 0 fully saturated rings. The fourth-order valence-electron chi connectivity index (χ4n) is 4.05. The van der Waals surface area contributed by atoms with E-state index >= 15 is 0 Å². The van der Waals surface area contributed by atoms with Crippen molar-refractivity contribution >= 4 is 17.4 Å². The van der Waals surface area contributed by atoms with E-state index in [0.717, 1.165) is 28.9 Å². The van der Waals surface area contributed by atoms with Gasteiger partial charge in [-0.25, -0.2) is 18.2 Å². The first-order valence-corrected chi connectivity index (χ1v) is 10.9. The van der Waals surface area contributed by atoms with Crippen LogP contribution in [-0.4, -0.2) is 48.9 Å². The van der Waals surface area contributed by atoms with Crippen LogP contribution in [0.5, 0.6) is 0 Å². The zero-order chi connectivity index (χ0) is 24.1. The number of carbonyl (C=O) groups excluding carboxylic acids is 1. The smallest absolute Gasteiger partial charge is 0.251 e. The summed E-state index contributed by atoms with van der Waals surface area (Å²) < 4.78 is 45.6. The maximum atomic E-state index is 13.6. The number of hydrogen-bond donors (Lipinski definition) is 2. The average Bonchev–Trinajstić information content (AvgIpc) is 3.27. The van der Waals surface area contributed by atoms with Crippen LogP contribution in [0.15, 0.2) is 48.7 Å². The van der Waals surface area contributed by atoms with Gasteiger partial charge in [-0.05, 0) is 65.9 Å². The quantitative estimate of drug-likeness (QED) is 0.369. The molecular formula is C25H24F3N3O3. The molecule has 1 aromatic heterocycles. The van der Waals surface area contributed by atoms with Gasteiger partial charge in [-0.2, -0.15) is 0 Å². The predicted octanol–water partition coefficient (Wildman–Crippen LogP) is 3.52. The minimum atomic E-state index is -1.48. The Morgan fingerprint density at radius 3 is 2.65 bits per heavy atom. The second kappa shape index (κ2) is 10.7. The Bertz CT molecular complexity index is 1170. The fourth-order valence-corrected chi connectivity index (χ4v) is 4.05. The van der Waals surface area contributed by atoms with Crippen LogP contribution in [0.25, 0.3) is 0 Å². The molecule has 0 saturated heterocycles. The van der Waals surface area contributed by atoms with Crippen LogP contribution in [0.4, 0.5) is 24.7 Å². The SMILES string of the molecule is O=C(NCCOCCO)c1cccc2c1CCN2c1cc(Cc2cc(F)c(F)c(F)c2)ccn1. The zero-order valence-electron chi connectivity index (χ0n) is 18.4. The van der Waals surface area contributed by atoms with Crippen molar-refractivity contribution in [1.29, 1.82) is 0 Å². The Hall–Kier alpha value is -3.43. The lowest BCUT2D eigenvalue weighted by Gasteiger charge is -2.19. The molecule has 2 aromatic carbocycles. The first kappa shape index (κ1) is 23.7. The molecule has 3 aromatic rings. The summed E-state index contributed by atoms with van der Waals surface area (Å²) in [6.07, 6.45) is 2.48. The number of anilines is 2. The number of nitrogens with one attached hydrogen (secondary N) is 1. The van der Waals surface area contributed by atoms with Crippen LogP contribution in [0, 0.1) is 17.5 Å². The van der Waals surface area contributed by atoms with Crippen LogP contribution < -0.4 is 10.2 Å². The number of aliphatic hydroxyl groups excluding tert-OH is 1. The summed E-state index contributed by atoms with van der Waals surface area (Å²) in [6.45, 7) is 1.42. The first-order chi connectivity index (χ1) is 16.5. The average molecular weight is 471 g/mol. The van der Waals surface area contributed by atoms with E-state index in [1.165, 1.54) is 0 Å². The molecule has 1 aliphatic heterocycles. The molecule has 2 heterocycles. The maximum Gasteiger partial charge on any atom is 0.251 e. The lowest BCUT2D eigenvalue weighted by atomic mass is 10.0. The number of fused-ring (bicyclic) bond motifs is 1. The third-order valence-corrected chi connectivity index (χ3v) is 5.58. The van der Waals surface area contributed by atoms with E-state index in [0.29, 0.717) is 43.1 Å². The lowest BCUT2D eigenvalue weighted by molar-refractivity contribution is 0.0837. The highest BCUT2D eigenvalue weighted by atomic mass is 19.2. The highest BCUT2D eigenvalue weighted by Crippen LogP contribution is 2.35. The molecule has 1 aliphatic rings. The van der Waals surface area contributed by atoms with Gasteiger partial charge in [0.1, 0.15) is 5.82 Å². The van der Waals surface area contributed by atoms with Gasteiger partial charge in [0.25, 0.3) is 5.91 Å². The minimum absolute atomic E-state index is 0.0666. The summed E-state index contributed by atoms with van der Waals surface area (Å²) >= 11 is 0. The number of carbonyl (C=O) groups is 1. The molecule has 0 unspecified atom stereocenters. The first-order valence-electron chi connectivity index (χ1n) is 10.9. The van der Waals surface area contributed by atoms with Gasteiger partial charge in [-0.15, -0.1) is 0 Å². The summed E-state index contributed by atoms with van der Waals surface area (Å²) in [5.74, 6) is -3.47. The van der Waals surface area contributed by atoms with Gasteiger partial charge in [0.05, 0.1) is 19.8 Å². The van der Waals surface area contributed by atoms with Crippen LogP contribution in [0.2, 0.25) is 0 Å². The van der Waals surface area contributed by atoms with Crippen molar-refractivity contribution in [2.45, 2.75) is 12.8 Å². The molecule has 178 valence electrons. The van der Waals surface area contributed by atoms with Gasteiger partial charge in [0.2, 0.25) is 0 Å². The number of pyridine rings is 1. The van der Waals surface area contributed by atoms with Gasteiger partial charge in [0.15, 0.2) is 17.5 Å². The number of amides is 1. The Morgan fingerprint density at radius 2 is 1.88 bits per heavy atom. The van der Waals surface area contributed by atoms with Crippen molar-refractivity contribution in [1.82, 2.24) is 10.3 Å². The molecular weight excluding hydrogens is 447 g/mol. The van der Waals surface area contributed by atoms with Crippen molar-refractivity contribution < 1.29 is 27.8 Å². The summed E-state index contributed by atoms with van der Waals surface area (Å²) in [4.78, 5) is 19.1. The Labute approximate surface area is 195 Å². The number of rotatable bonds is 9. The number of aliphatic hydroxyl groups is 1. The second-order valence-electron chi connectivity index (χ2n) is 7.87. The Morgan fingerprint density at radius 1 is 1.09 bits per heavy atom. The number of benzene rings is 2. The van der Waals surface area contributed by atoms with Crippen molar-refractivity contribution in [2.24, 2.45) is 0 Å². The van der Waals surface area contributed by atoms with Gasteiger partial charge in [-0.3, -0.25) is 4.79 Å². The number of halogens is 3. The molecule has 9 heteroatoms. The number of ether oxygens (including phenoxy) is 1. The largest absolute Gasteiger partial charge is 0.394 e. The minimum Gasteiger partial charge on any atom is -0.394 e. The van der Waals surface area contributed by atoms with Crippen molar-refractivity contribution in [3.8, 4) is 0 Å². The summed E-state index contributed by atoms with van der Waals surface area (Å²) in [7, 11) is 0. The zero-order valence-corrected chi connectivity index (χ0v) is 18.4. The van der Waals surface area contributed by atoms with Crippen LogP contribution >= 0.6 is 0 Å². The molecule has 4 rings (SSSR count). The molecule has 2 N–H and O–H groups in total. The fraction of sp³-hybridized carbons (Fsp3) is 0.280. The molecule has 0 atom stereocenters. The highest BCUT2D eigenvalue weighted by molar-refractivity contribution is 5.98. The predicted molar refractivity (Wildman–Crippen MR) is 121 cm³/mol. The van der Waals surface area contributed by atoms with Crippen LogP contribution in [0.1, 0.15) is 27.0 Å². The standard InChI is InChI=1S/C25H24F3N3O3/c26-20-13-17(14-21(27)24(20)28)12-16-4-6-29-23(15-16)31-8-5-18-19(2-1-3-22(18)31)25(33)30-7-10-34-11-9-32/h1-4,6,13-15,32H,5,7-12H2,(H,30,33). The van der Waals surface area contributed by atoms with Crippen LogP contribution in [-0.2, 0) is 17.6 Å². The molecule has 0 spiro atoms. The lowest BCUT2D eigenvalue weighted by Crippen LogP contribution is -2.28. The van der Waals surface area contributed by atoms with E-state index in [1.54, 1.807) is 18.3 Å². The molecule has 0 saturated carbocycles.